The van der Waals surface area contributed by atoms with Gasteiger partial charge in [0.15, 0.2) is 0 Å². The monoisotopic (exact) mass is 353 g/mol. The summed E-state index contributed by atoms with van der Waals surface area (Å²) in [6.07, 6.45) is 0.184. The van der Waals surface area contributed by atoms with Crippen LogP contribution in [0.15, 0.2) is 59.4 Å². The number of rotatable bonds is 4. The van der Waals surface area contributed by atoms with Crippen LogP contribution < -0.4 is 10.9 Å². The maximum Gasteiger partial charge on any atom is 0.251 e. The second kappa shape index (κ2) is 7.32. The number of benzene rings is 2. The van der Waals surface area contributed by atoms with E-state index in [1.54, 1.807) is 31.2 Å². The van der Waals surface area contributed by atoms with Crippen molar-refractivity contribution in [2.75, 3.05) is 5.32 Å². The minimum atomic E-state index is -0.212. The number of anilines is 1. The van der Waals surface area contributed by atoms with Gasteiger partial charge in [-0.1, -0.05) is 41.9 Å². The highest BCUT2D eigenvalue weighted by molar-refractivity contribution is 6.31. The van der Waals surface area contributed by atoms with Crippen molar-refractivity contribution in [3.8, 4) is 11.4 Å². The topological polar surface area (TPSA) is 74.8 Å². The molecule has 3 rings (SSSR count). The number of amides is 1. The zero-order valence-electron chi connectivity index (χ0n) is 13.5. The minimum absolute atomic E-state index is 0.170. The summed E-state index contributed by atoms with van der Waals surface area (Å²) in [6, 6.07) is 15.8. The molecule has 0 atom stereocenters. The van der Waals surface area contributed by atoms with E-state index in [0.29, 0.717) is 22.2 Å². The van der Waals surface area contributed by atoms with Crippen LogP contribution in [0.3, 0.4) is 0 Å². The summed E-state index contributed by atoms with van der Waals surface area (Å²) in [5, 5.41) is 3.40. The Bertz CT molecular complexity index is 982. The smallest absolute Gasteiger partial charge is 0.251 e. The molecule has 1 heterocycles. The van der Waals surface area contributed by atoms with E-state index in [4.69, 9.17) is 11.6 Å². The number of hydrogen-bond donors (Lipinski definition) is 2. The van der Waals surface area contributed by atoms with Crippen molar-refractivity contribution in [3.05, 3.63) is 81.2 Å². The first kappa shape index (κ1) is 16.9. The minimum Gasteiger partial charge on any atom is -0.326 e. The number of aromatic amines is 1. The fraction of sp³-hybridized carbons (Fsp3) is 0.105. The normalized spacial score (nSPS) is 10.5. The van der Waals surface area contributed by atoms with E-state index in [0.717, 1.165) is 11.1 Å². The molecule has 0 saturated heterocycles. The molecule has 2 N–H and O–H groups in total. The summed E-state index contributed by atoms with van der Waals surface area (Å²) >= 11 is 6.08. The van der Waals surface area contributed by atoms with Gasteiger partial charge in [0.25, 0.3) is 5.56 Å². The lowest BCUT2D eigenvalue weighted by molar-refractivity contribution is -0.115. The van der Waals surface area contributed by atoms with Gasteiger partial charge in [-0.3, -0.25) is 9.59 Å². The standard InChI is InChI=1S/C19H16ClN3O2/c1-12-9-17(24)23-19(21-12)14-6-4-7-15(10-14)22-18(25)11-13-5-2-3-8-16(13)20/h2-10H,11H2,1H3,(H,22,25)(H,21,23,24). The molecule has 126 valence electrons. The number of halogens is 1. The lowest BCUT2D eigenvalue weighted by Gasteiger charge is -2.08. The van der Waals surface area contributed by atoms with E-state index in [1.165, 1.54) is 6.07 Å². The Labute approximate surface area is 149 Å². The summed E-state index contributed by atoms with van der Waals surface area (Å²) in [4.78, 5) is 30.9. The average Bonchev–Trinajstić information content (AvgIpc) is 2.56. The Kier molecular flexibility index (Phi) is 4.95. The van der Waals surface area contributed by atoms with E-state index in [2.05, 4.69) is 15.3 Å². The first-order valence-electron chi connectivity index (χ1n) is 7.73. The molecule has 0 bridgehead atoms. The average molecular weight is 354 g/mol. The number of H-pyrrole nitrogens is 1. The van der Waals surface area contributed by atoms with Crippen molar-refractivity contribution in [2.45, 2.75) is 13.3 Å². The SMILES string of the molecule is Cc1cc(=O)[nH]c(-c2cccc(NC(=O)Cc3ccccc3Cl)c2)n1. The molecule has 0 fully saturated rings. The van der Waals surface area contributed by atoms with Crippen molar-refractivity contribution in [2.24, 2.45) is 0 Å². The zero-order chi connectivity index (χ0) is 17.8. The molecule has 0 radical (unpaired) electrons. The van der Waals surface area contributed by atoms with Crippen molar-refractivity contribution < 1.29 is 4.79 Å². The van der Waals surface area contributed by atoms with Crippen molar-refractivity contribution >= 4 is 23.2 Å². The van der Waals surface area contributed by atoms with Gasteiger partial charge in [0, 0.05) is 28.0 Å². The van der Waals surface area contributed by atoms with Gasteiger partial charge in [0.05, 0.1) is 6.42 Å². The van der Waals surface area contributed by atoms with Crippen LogP contribution in [0.5, 0.6) is 0 Å². The van der Waals surface area contributed by atoms with Gasteiger partial charge in [-0.25, -0.2) is 4.98 Å². The maximum absolute atomic E-state index is 12.2. The van der Waals surface area contributed by atoms with Crippen molar-refractivity contribution in [1.29, 1.82) is 0 Å². The number of nitrogens with zero attached hydrogens (tertiary/aromatic N) is 1. The number of aryl methyl sites for hydroxylation is 1. The first-order chi connectivity index (χ1) is 12.0. The molecular formula is C19H16ClN3O2. The first-order valence-corrected chi connectivity index (χ1v) is 8.11. The highest BCUT2D eigenvalue weighted by Gasteiger charge is 2.08. The molecule has 1 amide bonds. The van der Waals surface area contributed by atoms with E-state index in [-0.39, 0.29) is 17.9 Å². The third-order valence-electron chi connectivity index (χ3n) is 3.60. The van der Waals surface area contributed by atoms with E-state index < -0.39 is 0 Å². The van der Waals surface area contributed by atoms with Crippen LogP contribution in [0.2, 0.25) is 5.02 Å². The van der Waals surface area contributed by atoms with Crippen LogP contribution in [0.25, 0.3) is 11.4 Å². The molecule has 6 heteroatoms. The van der Waals surface area contributed by atoms with E-state index in [9.17, 15) is 9.59 Å². The fourth-order valence-electron chi connectivity index (χ4n) is 2.48. The second-order valence-electron chi connectivity index (χ2n) is 5.63. The Hall–Kier alpha value is -2.92. The zero-order valence-corrected chi connectivity index (χ0v) is 14.3. The summed E-state index contributed by atoms with van der Waals surface area (Å²) in [5.41, 5.74) is 2.53. The fourth-order valence-corrected chi connectivity index (χ4v) is 2.68. The lowest BCUT2D eigenvalue weighted by atomic mass is 10.1. The molecule has 5 nitrogen and oxygen atoms in total. The van der Waals surface area contributed by atoms with E-state index >= 15 is 0 Å². The van der Waals surface area contributed by atoms with Crippen LogP contribution >= 0.6 is 11.6 Å². The van der Waals surface area contributed by atoms with Gasteiger partial charge in [-0.05, 0) is 30.7 Å². The molecule has 1 aromatic heterocycles. The van der Waals surface area contributed by atoms with Crippen LogP contribution in [0.1, 0.15) is 11.3 Å². The molecule has 3 aromatic rings. The third kappa shape index (κ3) is 4.33. The third-order valence-corrected chi connectivity index (χ3v) is 3.97. The number of aromatic nitrogens is 2. The molecule has 0 unspecified atom stereocenters. The number of carbonyl (C=O) groups excluding carboxylic acids is 1. The van der Waals surface area contributed by atoms with Crippen LogP contribution in [0, 0.1) is 6.92 Å². The number of nitrogens with one attached hydrogen (secondary N) is 2. The second-order valence-corrected chi connectivity index (χ2v) is 6.04. The maximum atomic E-state index is 12.2. The predicted molar refractivity (Wildman–Crippen MR) is 98.8 cm³/mol. The highest BCUT2D eigenvalue weighted by Crippen LogP contribution is 2.20. The molecule has 25 heavy (non-hydrogen) atoms. The largest absolute Gasteiger partial charge is 0.326 e. The van der Waals surface area contributed by atoms with Crippen LogP contribution in [-0.4, -0.2) is 15.9 Å². The van der Waals surface area contributed by atoms with Crippen molar-refractivity contribution in [1.82, 2.24) is 9.97 Å². The van der Waals surface area contributed by atoms with Crippen LogP contribution in [-0.2, 0) is 11.2 Å². The molecule has 0 saturated carbocycles. The molecule has 2 aromatic carbocycles. The van der Waals surface area contributed by atoms with Gasteiger partial charge in [0.1, 0.15) is 5.82 Å². The highest BCUT2D eigenvalue weighted by atomic mass is 35.5. The molecule has 0 aliphatic rings. The van der Waals surface area contributed by atoms with Gasteiger partial charge < -0.3 is 10.3 Å². The summed E-state index contributed by atoms with van der Waals surface area (Å²) in [7, 11) is 0. The van der Waals surface area contributed by atoms with Crippen molar-refractivity contribution in [3.63, 3.8) is 0 Å². The van der Waals surface area contributed by atoms with Gasteiger partial charge in [-0.15, -0.1) is 0 Å². The Morgan fingerprint density at radius 1 is 1.16 bits per heavy atom. The molecular weight excluding hydrogens is 338 g/mol. The Balaban J connectivity index is 1.79. The Morgan fingerprint density at radius 3 is 2.72 bits per heavy atom. The van der Waals surface area contributed by atoms with Crippen LogP contribution in [0.4, 0.5) is 5.69 Å². The number of hydrogen-bond acceptors (Lipinski definition) is 3. The van der Waals surface area contributed by atoms with Gasteiger partial charge >= 0.3 is 0 Å². The molecule has 0 aliphatic heterocycles. The quantitative estimate of drug-likeness (QED) is 0.752. The van der Waals surface area contributed by atoms with Gasteiger partial charge in [0.2, 0.25) is 5.91 Å². The lowest BCUT2D eigenvalue weighted by Crippen LogP contribution is -2.14. The summed E-state index contributed by atoms with van der Waals surface area (Å²) < 4.78 is 0. The Morgan fingerprint density at radius 2 is 1.96 bits per heavy atom. The molecule has 0 aliphatic carbocycles. The summed E-state index contributed by atoms with van der Waals surface area (Å²) in [5.74, 6) is 0.295. The summed E-state index contributed by atoms with van der Waals surface area (Å²) in [6.45, 7) is 1.76. The molecule has 0 spiro atoms. The van der Waals surface area contributed by atoms with E-state index in [1.807, 2.05) is 24.3 Å². The number of carbonyl (C=O) groups is 1. The van der Waals surface area contributed by atoms with Gasteiger partial charge in [-0.2, -0.15) is 0 Å². The predicted octanol–water partition coefficient (Wildman–Crippen LogP) is 3.58.